The van der Waals surface area contributed by atoms with Gasteiger partial charge in [0.05, 0.1) is 13.2 Å². The van der Waals surface area contributed by atoms with E-state index in [0.29, 0.717) is 12.8 Å². The number of carboxylic acids is 1. The van der Waals surface area contributed by atoms with Crippen molar-refractivity contribution in [2.75, 3.05) is 19.8 Å². The van der Waals surface area contributed by atoms with Gasteiger partial charge in [-0.3, -0.25) is 18.6 Å². The standard InChI is InChI=1S/C53H98NO10P/c1-3-5-7-9-11-13-15-17-19-21-22-23-24-25-26-27-29-31-33-35-37-39-41-43-45-52(57)62-46-49(55)47-63-65(60,61)64-48-50(53(58)59)54-51(56)44-42-40-38-36-34-32-30-28-20-18-16-14-12-10-8-6-4-2/h6,8,12,14,18,20,49-50,55H,3-5,7,9-11,13,15-17,19,21-48H2,1-2H3,(H,54,56)(H,58,59)(H,60,61)/b8-6-,14-12-,20-18-. The molecule has 3 unspecified atom stereocenters. The number of hydrogen-bond donors (Lipinski definition) is 4. The Balaban J connectivity index is 3.76. The highest BCUT2D eigenvalue weighted by Crippen LogP contribution is 2.43. The number of ether oxygens (including phenoxy) is 1. The second-order valence-corrected chi connectivity index (χ2v) is 19.5. The van der Waals surface area contributed by atoms with Gasteiger partial charge < -0.3 is 25.2 Å². The SMILES string of the molecule is CC/C=C\C/C=C\C/C=C\CCCCCCCCCC(=O)NC(COP(=O)(O)OCC(O)COC(=O)CCCCCCCCCCCCCCCCCCCCCCCCCC)C(=O)O. The van der Waals surface area contributed by atoms with E-state index in [1.807, 2.05) is 0 Å². The van der Waals surface area contributed by atoms with Crippen molar-refractivity contribution in [2.24, 2.45) is 0 Å². The molecule has 3 atom stereocenters. The van der Waals surface area contributed by atoms with Crippen molar-refractivity contribution in [3.8, 4) is 0 Å². The van der Waals surface area contributed by atoms with Crippen LogP contribution in [-0.4, -0.2) is 64.9 Å². The lowest BCUT2D eigenvalue weighted by Gasteiger charge is -2.18. The molecule has 0 rings (SSSR count). The van der Waals surface area contributed by atoms with Crippen LogP contribution in [0.3, 0.4) is 0 Å². The Kier molecular flexibility index (Phi) is 46.5. The van der Waals surface area contributed by atoms with Gasteiger partial charge in [-0.1, -0.05) is 230 Å². The maximum Gasteiger partial charge on any atom is 0.472 e. The number of phosphoric ester groups is 1. The number of aliphatic hydroxyl groups is 1. The lowest BCUT2D eigenvalue weighted by atomic mass is 10.0. The minimum absolute atomic E-state index is 0.135. The van der Waals surface area contributed by atoms with E-state index in [0.717, 1.165) is 83.5 Å². The number of nitrogens with one attached hydrogen (secondary N) is 1. The van der Waals surface area contributed by atoms with Gasteiger partial charge in [-0.2, -0.15) is 0 Å². The third kappa shape index (κ3) is 48.0. The quantitative estimate of drug-likeness (QED) is 0.0199. The number of carboxylic acid groups (broad SMARTS) is 1. The van der Waals surface area contributed by atoms with Crippen LogP contribution in [0.4, 0.5) is 0 Å². The zero-order valence-electron chi connectivity index (χ0n) is 41.5. The van der Waals surface area contributed by atoms with Crippen molar-refractivity contribution in [2.45, 2.75) is 264 Å². The van der Waals surface area contributed by atoms with Gasteiger partial charge in [0.25, 0.3) is 0 Å². The first-order chi connectivity index (χ1) is 31.6. The van der Waals surface area contributed by atoms with Crippen LogP contribution < -0.4 is 5.32 Å². The zero-order valence-corrected chi connectivity index (χ0v) is 42.4. The van der Waals surface area contributed by atoms with Crippen LogP contribution in [0.15, 0.2) is 36.5 Å². The molecule has 0 heterocycles. The number of amides is 1. The molecule has 11 nitrogen and oxygen atoms in total. The van der Waals surface area contributed by atoms with Crippen molar-refractivity contribution in [1.29, 1.82) is 0 Å². The molecule has 1 amide bonds. The van der Waals surface area contributed by atoms with Gasteiger partial charge in [0.1, 0.15) is 12.7 Å². The number of carbonyl (C=O) groups excluding carboxylic acids is 2. The molecule has 0 saturated heterocycles. The number of unbranched alkanes of at least 4 members (excludes halogenated alkanes) is 30. The van der Waals surface area contributed by atoms with E-state index in [4.69, 9.17) is 13.8 Å². The molecule has 12 heteroatoms. The number of phosphoric acid groups is 1. The largest absolute Gasteiger partial charge is 0.480 e. The summed E-state index contributed by atoms with van der Waals surface area (Å²) in [5.41, 5.74) is 0. The van der Waals surface area contributed by atoms with Crippen LogP contribution in [0.1, 0.15) is 251 Å². The first-order valence-corrected chi connectivity index (χ1v) is 28.0. The third-order valence-electron chi connectivity index (χ3n) is 11.7. The molecule has 65 heavy (non-hydrogen) atoms. The molecule has 0 fully saturated rings. The average Bonchev–Trinajstić information content (AvgIpc) is 3.28. The molecule has 4 N–H and O–H groups in total. The molecule has 0 aromatic carbocycles. The molecule has 0 aromatic heterocycles. The molecule has 380 valence electrons. The Labute approximate surface area is 397 Å². The number of hydrogen-bond acceptors (Lipinski definition) is 8. The molecule has 0 aliphatic carbocycles. The van der Waals surface area contributed by atoms with Gasteiger partial charge in [-0.05, 0) is 44.9 Å². The van der Waals surface area contributed by atoms with Crippen molar-refractivity contribution >= 4 is 25.7 Å². The molecule has 0 aliphatic heterocycles. The maximum atomic E-state index is 12.3. The summed E-state index contributed by atoms with van der Waals surface area (Å²) in [6, 6.07) is -1.55. The van der Waals surface area contributed by atoms with E-state index in [9.17, 15) is 34.1 Å². The van der Waals surface area contributed by atoms with E-state index in [-0.39, 0.29) is 12.8 Å². The lowest BCUT2D eigenvalue weighted by Crippen LogP contribution is -2.43. The van der Waals surface area contributed by atoms with Crippen molar-refractivity contribution < 1.29 is 47.8 Å². The fourth-order valence-corrected chi connectivity index (χ4v) is 8.40. The highest BCUT2D eigenvalue weighted by molar-refractivity contribution is 7.47. The van der Waals surface area contributed by atoms with E-state index in [1.54, 1.807) is 0 Å². The molecule has 0 spiro atoms. The minimum atomic E-state index is -4.76. The summed E-state index contributed by atoms with van der Waals surface area (Å²) in [4.78, 5) is 46.1. The van der Waals surface area contributed by atoms with Crippen LogP contribution in [0.25, 0.3) is 0 Å². The van der Waals surface area contributed by atoms with Crippen molar-refractivity contribution in [3.05, 3.63) is 36.5 Å². The maximum absolute atomic E-state index is 12.3. The molecular formula is C53H98NO10P. The Bertz CT molecular complexity index is 1240. The van der Waals surface area contributed by atoms with Gasteiger partial charge in [0.15, 0.2) is 6.04 Å². The summed E-state index contributed by atoms with van der Waals surface area (Å²) < 4.78 is 27.0. The minimum Gasteiger partial charge on any atom is -0.480 e. The van der Waals surface area contributed by atoms with Crippen molar-refractivity contribution in [1.82, 2.24) is 5.32 Å². The smallest absolute Gasteiger partial charge is 0.472 e. The summed E-state index contributed by atoms with van der Waals surface area (Å²) in [6.45, 7) is 2.52. The first kappa shape index (κ1) is 62.7. The number of carbonyl (C=O) groups is 3. The summed E-state index contributed by atoms with van der Waals surface area (Å²) in [6.07, 6.45) is 54.6. The molecular weight excluding hydrogens is 842 g/mol. The van der Waals surface area contributed by atoms with Crippen LogP contribution in [0.5, 0.6) is 0 Å². The topological polar surface area (TPSA) is 169 Å². The van der Waals surface area contributed by atoms with Gasteiger partial charge in [0.2, 0.25) is 5.91 Å². The summed E-state index contributed by atoms with van der Waals surface area (Å²) >= 11 is 0. The van der Waals surface area contributed by atoms with Crippen LogP contribution >= 0.6 is 7.82 Å². The number of rotatable bonds is 50. The van der Waals surface area contributed by atoms with Gasteiger partial charge >= 0.3 is 19.8 Å². The second-order valence-electron chi connectivity index (χ2n) is 18.0. The van der Waals surface area contributed by atoms with Gasteiger partial charge in [-0.25, -0.2) is 9.36 Å². The molecule has 0 radical (unpaired) electrons. The summed E-state index contributed by atoms with van der Waals surface area (Å²) in [5.74, 6) is -2.37. The predicted octanol–water partition coefficient (Wildman–Crippen LogP) is 14.7. The summed E-state index contributed by atoms with van der Waals surface area (Å²) in [7, 11) is -4.76. The van der Waals surface area contributed by atoms with Crippen LogP contribution in [0, 0.1) is 0 Å². The predicted molar refractivity (Wildman–Crippen MR) is 268 cm³/mol. The van der Waals surface area contributed by atoms with Crippen LogP contribution in [-0.2, 0) is 32.7 Å². The Morgan fingerprint density at radius 2 is 0.892 bits per heavy atom. The molecule has 0 saturated carbocycles. The van der Waals surface area contributed by atoms with E-state index in [1.165, 1.54) is 128 Å². The van der Waals surface area contributed by atoms with Gasteiger partial charge in [-0.15, -0.1) is 0 Å². The molecule has 0 aromatic rings. The van der Waals surface area contributed by atoms with E-state index in [2.05, 4.69) is 55.6 Å². The van der Waals surface area contributed by atoms with E-state index >= 15 is 0 Å². The zero-order chi connectivity index (χ0) is 47.7. The number of allylic oxidation sites excluding steroid dienone is 6. The lowest BCUT2D eigenvalue weighted by molar-refractivity contribution is -0.147. The second kappa shape index (κ2) is 48.2. The first-order valence-electron chi connectivity index (χ1n) is 26.5. The fraction of sp³-hybridized carbons (Fsp3) is 0.830. The third-order valence-corrected chi connectivity index (χ3v) is 12.6. The summed E-state index contributed by atoms with van der Waals surface area (Å²) in [5, 5.41) is 21.9. The fourth-order valence-electron chi connectivity index (χ4n) is 7.63. The van der Waals surface area contributed by atoms with Gasteiger partial charge in [0, 0.05) is 12.8 Å². The molecule has 0 bridgehead atoms. The number of aliphatic carboxylic acids is 1. The monoisotopic (exact) mass is 940 g/mol. The van der Waals surface area contributed by atoms with E-state index < -0.39 is 57.6 Å². The molecule has 0 aliphatic rings. The average molecular weight is 940 g/mol. The van der Waals surface area contributed by atoms with Crippen LogP contribution in [0.2, 0.25) is 0 Å². The highest BCUT2D eigenvalue weighted by Gasteiger charge is 2.28. The Morgan fingerprint density at radius 1 is 0.508 bits per heavy atom. The highest BCUT2D eigenvalue weighted by atomic mass is 31.2. The normalized spacial score (nSPS) is 13.8. The Hall–Kier alpha value is -2.30. The van der Waals surface area contributed by atoms with Crippen molar-refractivity contribution in [3.63, 3.8) is 0 Å². The Morgan fingerprint density at radius 3 is 1.34 bits per heavy atom. The number of aliphatic hydroxyl groups excluding tert-OH is 1. The number of esters is 1.